The molecule has 3 rings (SSSR count). The highest BCUT2D eigenvalue weighted by Crippen LogP contribution is 2.21. The van der Waals surface area contributed by atoms with Crippen LogP contribution < -0.4 is 10.6 Å². The first-order valence-corrected chi connectivity index (χ1v) is 8.39. The van der Waals surface area contributed by atoms with Gasteiger partial charge >= 0.3 is 0 Å². The van der Waals surface area contributed by atoms with E-state index in [0.29, 0.717) is 12.1 Å². The zero-order valence-electron chi connectivity index (χ0n) is 13.4. The van der Waals surface area contributed by atoms with Gasteiger partial charge < -0.3 is 15.5 Å². The van der Waals surface area contributed by atoms with E-state index in [-0.39, 0.29) is 11.9 Å². The lowest BCUT2D eigenvalue weighted by molar-refractivity contribution is 0.0708. The number of carbonyl (C=O) groups is 1. The third kappa shape index (κ3) is 3.40. The monoisotopic (exact) mass is 302 g/mol. The minimum absolute atomic E-state index is 0.0569. The quantitative estimate of drug-likeness (QED) is 0.906. The van der Waals surface area contributed by atoms with Crippen molar-refractivity contribution in [2.24, 2.45) is 11.7 Å². The molecule has 0 spiro atoms. The molecule has 1 atom stereocenters. The minimum atomic E-state index is 0.0569. The summed E-state index contributed by atoms with van der Waals surface area (Å²) in [6.07, 6.45) is 6.15. The molecule has 5 heteroatoms. The van der Waals surface area contributed by atoms with Gasteiger partial charge in [0, 0.05) is 38.4 Å². The Balaban J connectivity index is 1.64. The molecule has 3 heterocycles. The number of aromatic nitrogens is 1. The van der Waals surface area contributed by atoms with Gasteiger partial charge in [-0.3, -0.25) is 4.79 Å². The molecule has 1 unspecified atom stereocenters. The van der Waals surface area contributed by atoms with E-state index in [1.165, 1.54) is 12.8 Å². The number of likely N-dealkylation sites (tertiary alicyclic amines) is 1. The summed E-state index contributed by atoms with van der Waals surface area (Å²) in [5.41, 5.74) is 6.63. The van der Waals surface area contributed by atoms with Crippen LogP contribution in [0.2, 0.25) is 0 Å². The van der Waals surface area contributed by atoms with Crippen LogP contribution in [-0.4, -0.2) is 48.0 Å². The molecule has 0 saturated carbocycles. The van der Waals surface area contributed by atoms with Gasteiger partial charge in [-0.05, 0) is 43.7 Å². The first-order valence-electron chi connectivity index (χ1n) is 8.39. The van der Waals surface area contributed by atoms with Crippen molar-refractivity contribution in [3.63, 3.8) is 0 Å². The van der Waals surface area contributed by atoms with Crippen molar-refractivity contribution in [1.82, 2.24) is 9.88 Å². The van der Waals surface area contributed by atoms with Gasteiger partial charge in [0.15, 0.2) is 0 Å². The number of amides is 1. The Hall–Kier alpha value is -1.62. The lowest BCUT2D eigenvalue weighted by atomic mass is 9.99. The molecule has 22 heavy (non-hydrogen) atoms. The number of nitrogens with two attached hydrogens (primary N) is 1. The van der Waals surface area contributed by atoms with E-state index >= 15 is 0 Å². The highest BCUT2D eigenvalue weighted by Gasteiger charge is 2.23. The molecule has 2 aliphatic heterocycles. The summed E-state index contributed by atoms with van der Waals surface area (Å²) in [6.45, 7) is 5.88. The molecule has 1 aromatic heterocycles. The summed E-state index contributed by atoms with van der Waals surface area (Å²) >= 11 is 0. The second kappa shape index (κ2) is 6.65. The molecule has 1 aromatic rings. The van der Waals surface area contributed by atoms with E-state index in [1.54, 1.807) is 6.20 Å². The Morgan fingerprint density at radius 1 is 1.23 bits per heavy atom. The normalized spacial score (nSPS) is 23.6. The van der Waals surface area contributed by atoms with Crippen molar-refractivity contribution >= 4 is 11.7 Å². The SMILES string of the molecule is CC1CCN(c2ccc(C(=O)N3CCCC(N)C3)cn2)CC1. The van der Waals surface area contributed by atoms with Gasteiger partial charge in [0.1, 0.15) is 5.82 Å². The molecular formula is C17H26N4O. The molecule has 2 N–H and O–H groups in total. The van der Waals surface area contributed by atoms with Gasteiger partial charge in [-0.1, -0.05) is 6.92 Å². The van der Waals surface area contributed by atoms with E-state index in [4.69, 9.17) is 5.73 Å². The fourth-order valence-corrected chi connectivity index (χ4v) is 3.31. The van der Waals surface area contributed by atoms with Gasteiger partial charge in [0.25, 0.3) is 5.91 Å². The van der Waals surface area contributed by atoms with E-state index < -0.39 is 0 Å². The Morgan fingerprint density at radius 3 is 2.64 bits per heavy atom. The summed E-state index contributed by atoms with van der Waals surface area (Å²) in [5.74, 6) is 1.85. The second-order valence-electron chi connectivity index (χ2n) is 6.73. The first kappa shape index (κ1) is 15.3. The van der Waals surface area contributed by atoms with E-state index in [1.807, 2.05) is 17.0 Å². The highest BCUT2D eigenvalue weighted by atomic mass is 16.2. The van der Waals surface area contributed by atoms with Gasteiger partial charge in [-0.25, -0.2) is 4.98 Å². The van der Waals surface area contributed by atoms with Crippen molar-refractivity contribution in [2.75, 3.05) is 31.1 Å². The van der Waals surface area contributed by atoms with Gasteiger partial charge in [0.05, 0.1) is 5.56 Å². The van der Waals surface area contributed by atoms with Crippen LogP contribution in [0.1, 0.15) is 43.0 Å². The predicted molar refractivity (Wildman–Crippen MR) is 88.0 cm³/mol. The number of carbonyl (C=O) groups excluding carboxylic acids is 1. The molecule has 5 nitrogen and oxygen atoms in total. The van der Waals surface area contributed by atoms with Crippen LogP contribution in [-0.2, 0) is 0 Å². The molecular weight excluding hydrogens is 276 g/mol. The molecule has 0 radical (unpaired) electrons. The fourth-order valence-electron chi connectivity index (χ4n) is 3.31. The average molecular weight is 302 g/mol. The van der Waals surface area contributed by atoms with Crippen molar-refractivity contribution in [3.8, 4) is 0 Å². The maximum Gasteiger partial charge on any atom is 0.255 e. The molecule has 2 saturated heterocycles. The highest BCUT2D eigenvalue weighted by molar-refractivity contribution is 5.94. The topological polar surface area (TPSA) is 62.5 Å². The lowest BCUT2D eigenvalue weighted by Gasteiger charge is -2.32. The van der Waals surface area contributed by atoms with Gasteiger partial charge in [-0.2, -0.15) is 0 Å². The largest absolute Gasteiger partial charge is 0.357 e. The Morgan fingerprint density at radius 2 is 2.00 bits per heavy atom. The van der Waals surface area contributed by atoms with Crippen LogP contribution in [0.5, 0.6) is 0 Å². The molecule has 0 aliphatic carbocycles. The molecule has 2 aliphatic rings. The maximum atomic E-state index is 12.5. The van der Waals surface area contributed by atoms with E-state index in [2.05, 4.69) is 16.8 Å². The van der Waals surface area contributed by atoms with Crippen molar-refractivity contribution in [3.05, 3.63) is 23.9 Å². The van der Waals surface area contributed by atoms with Crippen LogP contribution in [0.4, 0.5) is 5.82 Å². The predicted octanol–water partition coefficient (Wildman–Crippen LogP) is 1.88. The van der Waals surface area contributed by atoms with Gasteiger partial charge in [-0.15, -0.1) is 0 Å². The standard InChI is InChI=1S/C17H26N4O/c1-13-6-9-20(10-7-13)16-5-4-14(11-19-16)17(22)21-8-2-3-15(18)12-21/h4-5,11,13,15H,2-3,6-10,12,18H2,1H3. The number of piperidine rings is 2. The summed E-state index contributed by atoms with van der Waals surface area (Å²) in [4.78, 5) is 21.2. The third-order valence-corrected chi connectivity index (χ3v) is 4.85. The van der Waals surface area contributed by atoms with Gasteiger partial charge in [0.2, 0.25) is 0 Å². The fraction of sp³-hybridized carbons (Fsp3) is 0.647. The summed E-state index contributed by atoms with van der Waals surface area (Å²) in [6, 6.07) is 4.00. The Bertz CT molecular complexity index is 508. The minimum Gasteiger partial charge on any atom is -0.357 e. The van der Waals surface area contributed by atoms with Crippen LogP contribution >= 0.6 is 0 Å². The number of anilines is 1. The number of hydrogen-bond acceptors (Lipinski definition) is 4. The van der Waals surface area contributed by atoms with Crippen LogP contribution in [0.3, 0.4) is 0 Å². The van der Waals surface area contributed by atoms with E-state index in [0.717, 1.165) is 44.2 Å². The smallest absolute Gasteiger partial charge is 0.255 e. The molecule has 2 fully saturated rings. The summed E-state index contributed by atoms with van der Waals surface area (Å²) < 4.78 is 0. The summed E-state index contributed by atoms with van der Waals surface area (Å²) in [7, 11) is 0. The maximum absolute atomic E-state index is 12.5. The molecule has 0 bridgehead atoms. The van der Waals surface area contributed by atoms with Crippen molar-refractivity contribution in [1.29, 1.82) is 0 Å². The van der Waals surface area contributed by atoms with Crippen molar-refractivity contribution in [2.45, 2.75) is 38.6 Å². The zero-order valence-corrected chi connectivity index (χ0v) is 13.4. The first-order chi connectivity index (χ1) is 10.6. The molecule has 120 valence electrons. The zero-order chi connectivity index (χ0) is 15.5. The number of nitrogens with zero attached hydrogens (tertiary/aromatic N) is 3. The second-order valence-corrected chi connectivity index (χ2v) is 6.73. The number of rotatable bonds is 2. The van der Waals surface area contributed by atoms with Crippen molar-refractivity contribution < 1.29 is 4.79 Å². The number of pyridine rings is 1. The molecule has 1 amide bonds. The van der Waals surface area contributed by atoms with Crippen LogP contribution in [0.15, 0.2) is 18.3 Å². The van der Waals surface area contributed by atoms with Crippen LogP contribution in [0, 0.1) is 5.92 Å². The van der Waals surface area contributed by atoms with E-state index in [9.17, 15) is 4.79 Å². The molecule has 0 aromatic carbocycles. The average Bonchev–Trinajstić information content (AvgIpc) is 2.55. The Labute approximate surface area is 132 Å². The summed E-state index contributed by atoms with van der Waals surface area (Å²) in [5, 5.41) is 0. The number of hydrogen-bond donors (Lipinski definition) is 1. The third-order valence-electron chi connectivity index (χ3n) is 4.85. The lowest BCUT2D eigenvalue weighted by Crippen LogP contribution is -2.45. The van der Waals surface area contributed by atoms with Crippen LogP contribution in [0.25, 0.3) is 0 Å². The Kier molecular flexibility index (Phi) is 4.62.